The van der Waals surface area contributed by atoms with Gasteiger partial charge < -0.3 is 25.3 Å². The van der Waals surface area contributed by atoms with Gasteiger partial charge in [0.1, 0.15) is 6.26 Å². The van der Waals surface area contributed by atoms with Crippen LogP contribution in [0, 0.1) is 0 Å². The second-order valence-corrected chi connectivity index (χ2v) is 8.71. The van der Waals surface area contributed by atoms with Gasteiger partial charge in [-0.1, -0.05) is 29.6 Å². The van der Waals surface area contributed by atoms with Crippen molar-refractivity contribution in [2.45, 2.75) is 50.2 Å². The van der Waals surface area contributed by atoms with Crippen molar-refractivity contribution >= 4 is 40.8 Å². The van der Waals surface area contributed by atoms with Gasteiger partial charge in [0.05, 0.1) is 45.2 Å². The first-order chi connectivity index (χ1) is 15.4. The summed E-state index contributed by atoms with van der Waals surface area (Å²) >= 11 is 12.0. The molecule has 10 heteroatoms. The van der Waals surface area contributed by atoms with E-state index in [0.29, 0.717) is 11.4 Å². The Bertz CT molecular complexity index is 1030. The number of carboxylic acids is 1. The standard InChI is InChI=1S/C22H22Cl2N4O4/c23-15-10-25-11-16(24)19(15)20(29)27-14-5-4-13(26-9-14)8-17(21(30)31)28-18-12-32-22(18)6-2-1-3-7-22/h4-5,9-12,17,28H,1-3,6-8H2,(H,27,29)(H,30,31)/p-1/t17-/m0/s1. The predicted molar refractivity (Wildman–Crippen MR) is 117 cm³/mol. The minimum Gasteiger partial charge on any atom is -0.548 e. The number of anilines is 1. The molecule has 0 radical (unpaired) electrons. The molecule has 0 bridgehead atoms. The average Bonchev–Trinajstić information content (AvgIpc) is 2.77. The summed E-state index contributed by atoms with van der Waals surface area (Å²) in [5, 5.41) is 17.7. The van der Waals surface area contributed by atoms with E-state index in [1.165, 1.54) is 18.6 Å². The molecular formula is C22H21Cl2N4O4-. The van der Waals surface area contributed by atoms with E-state index in [4.69, 9.17) is 27.9 Å². The lowest BCUT2D eigenvalue weighted by molar-refractivity contribution is -0.308. The molecule has 1 spiro atoms. The average molecular weight is 476 g/mol. The van der Waals surface area contributed by atoms with E-state index in [1.807, 2.05) is 0 Å². The highest BCUT2D eigenvalue weighted by molar-refractivity contribution is 6.40. The number of aromatic nitrogens is 2. The number of halogens is 2. The molecule has 1 fully saturated rings. The number of pyridine rings is 2. The number of hydrogen-bond donors (Lipinski definition) is 2. The fourth-order valence-electron chi connectivity index (χ4n) is 3.99. The molecule has 2 aromatic heterocycles. The van der Waals surface area contributed by atoms with Crippen LogP contribution in [0.4, 0.5) is 5.69 Å². The van der Waals surface area contributed by atoms with Gasteiger partial charge in [-0.2, -0.15) is 0 Å². The van der Waals surface area contributed by atoms with Crippen LogP contribution in [-0.4, -0.2) is 33.5 Å². The molecule has 3 heterocycles. The molecule has 0 unspecified atom stereocenters. The van der Waals surface area contributed by atoms with Crippen LogP contribution in [0.2, 0.25) is 10.0 Å². The maximum atomic E-state index is 12.5. The monoisotopic (exact) mass is 475 g/mol. The fraction of sp³-hybridized carbons (Fsp3) is 0.364. The second kappa shape index (κ2) is 9.34. The summed E-state index contributed by atoms with van der Waals surface area (Å²) in [6.07, 6.45) is 10.8. The lowest BCUT2D eigenvalue weighted by Crippen LogP contribution is -2.54. The minimum atomic E-state index is -1.22. The third-order valence-corrected chi connectivity index (χ3v) is 6.32. The van der Waals surface area contributed by atoms with Crippen LogP contribution < -0.4 is 15.7 Å². The highest BCUT2D eigenvalue weighted by Crippen LogP contribution is 2.42. The van der Waals surface area contributed by atoms with Gasteiger partial charge in [-0.15, -0.1) is 0 Å². The van der Waals surface area contributed by atoms with E-state index < -0.39 is 17.9 Å². The van der Waals surface area contributed by atoms with Gasteiger partial charge in [0.25, 0.3) is 5.91 Å². The first-order valence-corrected chi connectivity index (χ1v) is 11.0. The molecule has 2 N–H and O–H groups in total. The lowest BCUT2D eigenvalue weighted by Gasteiger charge is -2.46. The number of carbonyl (C=O) groups excluding carboxylic acids is 2. The van der Waals surface area contributed by atoms with Crippen LogP contribution in [0.25, 0.3) is 0 Å². The Morgan fingerprint density at radius 3 is 2.41 bits per heavy atom. The van der Waals surface area contributed by atoms with Crippen LogP contribution >= 0.6 is 23.2 Å². The summed E-state index contributed by atoms with van der Waals surface area (Å²) in [5.74, 6) is -1.72. The smallest absolute Gasteiger partial charge is 0.258 e. The molecule has 32 heavy (non-hydrogen) atoms. The first kappa shape index (κ1) is 22.4. The van der Waals surface area contributed by atoms with Crippen LogP contribution in [0.5, 0.6) is 0 Å². The van der Waals surface area contributed by atoms with Gasteiger partial charge in [0.2, 0.25) is 0 Å². The fourth-order valence-corrected chi connectivity index (χ4v) is 4.53. The zero-order valence-electron chi connectivity index (χ0n) is 17.1. The summed E-state index contributed by atoms with van der Waals surface area (Å²) in [4.78, 5) is 32.3. The number of ether oxygens (including phenoxy) is 1. The Hall–Kier alpha value is -2.84. The molecular weight excluding hydrogens is 455 g/mol. The molecule has 1 amide bonds. The SMILES string of the molecule is O=C(Nc1ccc(C[C@H](NC2=COC23CCCCC3)C(=O)[O-])nc1)c1c(Cl)cncc1Cl. The number of nitrogens with zero attached hydrogens (tertiary/aromatic N) is 2. The maximum Gasteiger partial charge on any atom is 0.258 e. The van der Waals surface area contributed by atoms with E-state index in [2.05, 4.69) is 20.6 Å². The maximum absolute atomic E-state index is 12.5. The highest BCUT2D eigenvalue weighted by Gasteiger charge is 2.44. The molecule has 1 aliphatic heterocycles. The van der Waals surface area contributed by atoms with Crippen molar-refractivity contribution in [2.75, 3.05) is 5.32 Å². The topological polar surface area (TPSA) is 116 Å². The zero-order valence-corrected chi connectivity index (χ0v) is 18.6. The summed E-state index contributed by atoms with van der Waals surface area (Å²) in [5.41, 5.74) is 1.48. The quantitative estimate of drug-likeness (QED) is 0.631. The Balaban J connectivity index is 1.39. The molecule has 2 aromatic rings. The van der Waals surface area contributed by atoms with Crippen LogP contribution in [0.3, 0.4) is 0 Å². The van der Waals surface area contributed by atoms with Gasteiger partial charge >= 0.3 is 0 Å². The Morgan fingerprint density at radius 2 is 1.84 bits per heavy atom. The van der Waals surface area contributed by atoms with E-state index in [-0.39, 0.29) is 27.6 Å². The number of nitrogens with one attached hydrogen (secondary N) is 2. The van der Waals surface area contributed by atoms with Gasteiger partial charge in [0.15, 0.2) is 5.60 Å². The molecule has 1 atom stereocenters. The van der Waals surface area contributed by atoms with Crippen LogP contribution in [-0.2, 0) is 16.0 Å². The first-order valence-electron chi connectivity index (χ1n) is 10.3. The largest absolute Gasteiger partial charge is 0.548 e. The Kier molecular flexibility index (Phi) is 6.53. The Morgan fingerprint density at radius 1 is 1.12 bits per heavy atom. The van der Waals surface area contributed by atoms with Crippen molar-refractivity contribution in [1.29, 1.82) is 0 Å². The van der Waals surface area contributed by atoms with Gasteiger partial charge in [-0.05, 0) is 37.8 Å². The summed E-state index contributed by atoms with van der Waals surface area (Å²) in [6, 6.07) is 2.32. The molecule has 0 saturated heterocycles. The molecule has 168 valence electrons. The van der Waals surface area contributed by atoms with Crippen molar-refractivity contribution in [1.82, 2.24) is 15.3 Å². The summed E-state index contributed by atoms with van der Waals surface area (Å²) in [6.45, 7) is 0. The molecule has 4 rings (SSSR count). The summed E-state index contributed by atoms with van der Waals surface area (Å²) in [7, 11) is 0. The molecule has 1 saturated carbocycles. The van der Waals surface area contributed by atoms with Crippen molar-refractivity contribution in [3.05, 3.63) is 64.0 Å². The number of rotatable bonds is 7. The second-order valence-electron chi connectivity index (χ2n) is 7.89. The van der Waals surface area contributed by atoms with Crippen molar-refractivity contribution in [3.8, 4) is 0 Å². The molecule has 2 aliphatic rings. The van der Waals surface area contributed by atoms with E-state index in [0.717, 1.165) is 37.8 Å². The van der Waals surface area contributed by atoms with Gasteiger partial charge in [0, 0.05) is 24.5 Å². The highest BCUT2D eigenvalue weighted by atomic mass is 35.5. The van der Waals surface area contributed by atoms with Crippen molar-refractivity contribution in [3.63, 3.8) is 0 Å². The number of amides is 1. The van der Waals surface area contributed by atoms with Gasteiger partial charge in [-0.3, -0.25) is 14.8 Å². The molecule has 8 nitrogen and oxygen atoms in total. The number of carbonyl (C=O) groups is 2. The third kappa shape index (κ3) is 4.66. The number of aliphatic carboxylic acids is 1. The minimum absolute atomic E-state index is 0.112. The third-order valence-electron chi connectivity index (χ3n) is 5.75. The lowest BCUT2D eigenvalue weighted by atomic mass is 9.80. The van der Waals surface area contributed by atoms with E-state index in [1.54, 1.807) is 18.4 Å². The van der Waals surface area contributed by atoms with E-state index in [9.17, 15) is 14.7 Å². The van der Waals surface area contributed by atoms with Crippen LogP contribution in [0.1, 0.15) is 48.2 Å². The van der Waals surface area contributed by atoms with Crippen LogP contribution in [0.15, 0.2) is 42.7 Å². The van der Waals surface area contributed by atoms with Gasteiger partial charge in [-0.25, -0.2) is 0 Å². The zero-order chi connectivity index (χ0) is 22.7. The predicted octanol–water partition coefficient (Wildman–Crippen LogP) is 2.86. The van der Waals surface area contributed by atoms with Crippen molar-refractivity contribution < 1.29 is 19.4 Å². The normalized spacial score (nSPS) is 17.5. The molecule has 0 aromatic carbocycles. The van der Waals surface area contributed by atoms with E-state index >= 15 is 0 Å². The number of hydrogen-bond acceptors (Lipinski definition) is 7. The van der Waals surface area contributed by atoms with Crippen molar-refractivity contribution in [2.24, 2.45) is 0 Å². The Labute approximate surface area is 195 Å². The molecule has 1 aliphatic carbocycles. The summed E-state index contributed by atoms with van der Waals surface area (Å²) < 4.78 is 5.69. The number of carboxylic acid groups (broad SMARTS) is 1.